The van der Waals surface area contributed by atoms with Gasteiger partial charge in [0.1, 0.15) is 0 Å². The second-order valence-electron chi connectivity index (χ2n) is 7.18. The molecule has 2 aromatic rings. The molecule has 0 saturated carbocycles. The number of hydrogen-bond acceptors (Lipinski definition) is 6. The van der Waals surface area contributed by atoms with Gasteiger partial charge < -0.3 is 15.4 Å². The number of esters is 1. The summed E-state index contributed by atoms with van der Waals surface area (Å²) in [7, 11) is 0. The van der Waals surface area contributed by atoms with Crippen molar-refractivity contribution in [3.8, 4) is 5.75 Å². The van der Waals surface area contributed by atoms with E-state index in [2.05, 4.69) is 39.0 Å². The molecule has 0 aliphatic carbocycles. The van der Waals surface area contributed by atoms with Gasteiger partial charge in [0.2, 0.25) is 0 Å². The predicted molar refractivity (Wildman–Crippen MR) is 107 cm³/mol. The first-order chi connectivity index (χ1) is 13.1. The van der Waals surface area contributed by atoms with Gasteiger partial charge in [0.25, 0.3) is 0 Å². The number of benzene rings is 1. The van der Waals surface area contributed by atoms with Crippen LogP contribution in [-0.2, 0) is 17.9 Å². The van der Waals surface area contributed by atoms with Crippen LogP contribution in [0.5, 0.6) is 5.75 Å². The van der Waals surface area contributed by atoms with Crippen LogP contribution in [-0.4, -0.2) is 42.0 Å². The Morgan fingerprint density at radius 2 is 1.78 bits per heavy atom. The number of carbonyl (C=O) groups is 1. The molecule has 2 heterocycles. The first-order valence-corrected chi connectivity index (χ1v) is 9.48. The Morgan fingerprint density at radius 3 is 2.41 bits per heavy atom. The highest BCUT2D eigenvalue weighted by atomic mass is 16.5. The number of ether oxygens (including phenoxy) is 1. The van der Waals surface area contributed by atoms with Crippen molar-refractivity contribution in [1.29, 1.82) is 0 Å². The maximum atomic E-state index is 12.0. The van der Waals surface area contributed by atoms with Gasteiger partial charge in [0.05, 0.1) is 5.92 Å². The number of nitrogens with zero attached hydrogens (tertiary/aromatic N) is 3. The van der Waals surface area contributed by atoms with Crippen molar-refractivity contribution in [3.63, 3.8) is 0 Å². The lowest BCUT2D eigenvalue weighted by molar-refractivity contribution is -0.137. The van der Waals surface area contributed by atoms with Crippen LogP contribution in [0.15, 0.2) is 42.6 Å². The summed E-state index contributed by atoms with van der Waals surface area (Å²) in [5.41, 5.74) is 8.11. The zero-order chi connectivity index (χ0) is 19.2. The molecule has 1 fully saturated rings. The van der Waals surface area contributed by atoms with Crippen molar-refractivity contribution in [1.82, 2.24) is 9.88 Å². The summed E-state index contributed by atoms with van der Waals surface area (Å²) in [6, 6.07) is 12.1. The Kier molecular flexibility index (Phi) is 6.42. The molecule has 6 heteroatoms. The van der Waals surface area contributed by atoms with Crippen molar-refractivity contribution in [2.45, 2.75) is 26.9 Å². The van der Waals surface area contributed by atoms with Crippen LogP contribution < -0.4 is 15.4 Å². The maximum absolute atomic E-state index is 12.0. The highest BCUT2D eigenvalue weighted by molar-refractivity contribution is 5.76. The molecule has 144 valence electrons. The highest BCUT2D eigenvalue weighted by Gasteiger charge is 2.22. The lowest BCUT2D eigenvalue weighted by Crippen LogP contribution is -2.46. The zero-order valence-electron chi connectivity index (χ0n) is 16.1. The van der Waals surface area contributed by atoms with E-state index in [-0.39, 0.29) is 11.9 Å². The minimum absolute atomic E-state index is 0.166. The summed E-state index contributed by atoms with van der Waals surface area (Å²) in [5, 5.41) is 0. The molecule has 1 aromatic heterocycles. The standard InChI is InChI=1S/C21H28N4O2/c1-16(2)21(26)27-19-4-3-9-23-20(19)25-12-10-24(11-13-25)15-18-7-5-17(14-22)6-8-18/h3-9,16H,10-15,22H2,1-2H3. The van der Waals surface area contributed by atoms with Gasteiger partial charge in [-0.05, 0) is 23.3 Å². The normalized spacial score (nSPS) is 15.2. The number of aromatic nitrogens is 1. The Bertz CT molecular complexity index is 753. The molecule has 6 nitrogen and oxygen atoms in total. The van der Waals surface area contributed by atoms with E-state index in [4.69, 9.17) is 10.5 Å². The van der Waals surface area contributed by atoms with Crippen molar-refractivity contribution in [2.24, 2.45) is 11.7 Å². The summed E-state index contributed by atoms with van der Waals surface area (Å²) in [6.07, 6.45) is 1.74. The number of carbonyl (C=O) groups excluding carboxylic acids is 1. The number of piperazine rings is 1. The first-order valence-electron chi connectivity index (χ1n) is 9.48. The predicted octanol–water partition coefficient (Wildman–Crippen LogP) is 2.42. The quantitative estimate of drug-likeness (QED) is 0.790. The van der Waals surface area contributed by atoms with E-state index in [1.165, 1.54) is 5.56 Å². The molecule has 0 spiro atoms. The summed E-state index contributed by atoms with van der Waals surface area (Å²) in [6.45, 7) is 8.74. The fraction of sp³-hybridized carbons (Fsp3) is 0.429. The van der Waals surface area contributed by atoms with Gasteiger partial charge in [-0.1, -0.05) is 38.1 Å². The topological polar surface area (TPSA) is 71.7 Å². The van der Waals surface area contributed by atoms with E-state index < -0.39 is 0 Å². The van der Waals surface area contributed by atoms with Crippen molar-refractivity contribution < 1.29 is 9.53 Å². The molecule has 1 aromatic carbocycles. The monoisotopic (exact) mass is 368 g/mol. The Morgan fingerprint density at radius 1 is 1.11 bits per heavy atom. The van der Waals surface area contributed by atoms with Crippen LogP contribution in [0.2, 0.25) is 0 Å². The SMILES string of the molecule is CC(C)C(=O)Oc1cccnc1N1CCN(Cc2ccc(CN)cc2)CC1. The van der Waals surface area contributed by atoms with E-state index in [0.29, 0.717) is 12.3 Å². The second-order valence-corrected chi connectivity index (χ2v) is 7.18. The van der Waals surface area contributed by atoms with Gasteiger partial charge in [0.15, 0.2) is 11.6 Å². The molecule has 3 rings (SSSR count). The summed E-state index contributed by atoms with van der Waals surface area (Å²) in [4.78, 5) is 21.0. The van der Waals surface area contributed by atoms with Crippen LogP contribution in [0.4, 0.5) is 5.82 Å². The van der Waals surface area contributed by atoms with E-state index in [9.17, 15) is 4.79 Å². The minimum atomic E-state index is -0.233. The number of pyridine rings is 1. The molecule has 0 atom stereocenters. The average molecular weight is 368 g/mol. The van der Waals surface area contributed by atoms with Crippen molar-refractivity contribution in [2.75, 3.05) is 31.1 Å². The smallest absolute Gasteiger partial charge is 0.313 e. The fourth-order valence-corrected chi connectivity index (χ4v) is 3.08. The molecule has 0 bridgehead atoms. The second kappa shape index (κ2) is 8.97. The molecular weight excluding hydrogens is 340 g/mol. The number of rotatable bonds is 6. The van der Waals surface area contributed by atoms with Crippen LogP contribution in [0.1, 0.15) is 25.0 Å². The summed E-state index contributed by atoms with van der Waals surface area (Å²) in [5.74, 6) is 0.893. The third-order valence-electron chi connectivity index (χ3n) is 4.77. The van der Waals surface area contributed by atoms with Crippen molar-refractivity contribution in [3.05, 3.63) is 53.7 Å². The van der Waals surface area contributed by atoms with E-state index >= 15 is 0 Å². The number of hydrogen-bond donors (Lipinski definition) is 1. The average Bonchev–Trinajstić information content (AvgIpc) is 2.69. The van der Waals surface area contributed by atoms with Gasteiger partial charge >= 0.3 is 5.97 Å². The molecule has 0 radical (unpaired) electrons. The molecule has 1 aliphatic rings. The largest absolute Gasteiger partial charge is 0.422 e. The van der Waals surface area contributed by atoms with E-state index in [0.717, 1.165) is 44.1 Å². The third-order valence-corrected chi connectivity index (χ3v) is 4.77. The summed E-state index contributed by atoms with van der Waals surface area (Å²) >= 11 is 0. The number of anilines is 1. The molecule has 0 unspecified atom stereocenters. The molecule has 1 aliphatic heterocycles. The van der Waals surface area contributed by atoms with Gasteiger partial charge in [-0.25, -0.2) is 4.98 Å². The number of nitrogens with two attached hydrogens (primary N) is 1. The molecule has 0 amide bonds. The highest BCUT2D eigenvalue weighted by Crippen LogP contribution is 2.27. The van der Waals surface area contributed by atoms with E-state index in [1.807, 2.05) is 19.9 Å². The van der Waals surface area contributed by atoms with Crippen molar-refractivity contribution >= 4 is 11.8 Å². The van der Waals surface area contributed by atoms with Crippen LogP contribution in [0.25, 0.3) is 0 Å². The minimum Gasteiger partial charge on any atom is -0.422 e. The van der Waals surface area contributed by atoms with Crippen LogP contribution in [0, 0.1) is 5.92 Å². The molecule has 2 N–H and O–H groups in total. The van der Waals surface area contributed by atoms with Gasteiger partial charge in [0, 0.05) is 45.5 Å². The summed E-state index contributed by atoms with van der Waals surface area (Å²) < 4.78 is 5.54. The first kappa shape index (κ1) is 19.3. The van der Waals surface area contributed by atoms with Gasteiger partial charge in [-0.2, -0.15) is 0 Å². The molecule has 27 heavy (non-hydrogen) atoms. The Hall–Kier alpha value is -2.44. The molecule has 1 saturated heterocycles. The zero-order valence-corrected chi connectivity index (χ0v) is 16.1. The van der Waals surface area contributed by atoms with Gasteiger partial charge in [-0.15, -0.1) is 0 Å². The lowest BCUT2D eigenvalue weighted by Gasteiger charge is -2.35. The Labute approximate surface area is 160 Å². The van der Waals surface area contributed by atoms with E-state index in [1.54, 1.807) is 12.3 Å². The molecular formula is C21H28N4O2. The van der Waals surface area contributed by atoms with Crippen LogP contribution >= 0.6 is 0 Å². The Balaban J connectivity index is 1.59. The van der Waals surface area contributed by atoms with Gasteiger partial charge in [-0.3, -0.25) is 9.69 Å². The fourth-order valence-electron chi connectivity index (χ4n) is 3.08. The lowest BCUT2D eigenvalue weighted by atomic mass is 10.1. The van der Waals surface area contributed by atoms with Crippen LogP contribution in [0.3, 0.4) is 0 Å². The maximum Gasteiger partial charge on any atom is 0.313 e. The third kappa shape index (κ3) is 5.05.